The van der Waals surface area contributed by atoms with Gasteiger partial charge in [0.05, 0.1) is 31.1 Å². The van der Waals surface area contributed by atoms with Crippen LogP contribution in [0.5, 0.6) is 11.5 Å². The van der Waals surface area contributed by atoms with E-state index in [1.807, 2.05) is 0 Å². The smallest absolute Gasteiger partial charge is 0.282 e. The number of nitrogens with zero attached hydrogens (tertiary/aromatic N) is 2. The summed E-state index contributed by atoms with van der Waals surface area (Å²) in [5.74, 6) is 0.752. The highest BCUT2D eigenvalue weighted by molar-refractivity contribution is 6.21. The number of carbonyl (C=O) groups excluding carboxylic acids is 2. The van der Waals surface area contributed by atoms with Gasteiger partial charge in [0.1, 0.15) is 0 Å². The summed E-state index contributed by atoms with van der Waals surface area (Å²) in [6.07, 6.45) is 1.45. The van der Waals surface area contributed by atoms with Crippen molar-refractivity contribution in [1.82, 2.24) is 5.01 Å². The third kappa shape index (κ3) is 3.44. The average Bonchev–Trinajstić information content (AvgIpc) is 2.89. The minimum atomic E-state index is -0.425. The maximum absolute atomic E-state index is 12.3. The number of hydrogen-bond donors (Lipinski definition) is 0. The summed E-state index contributed by atoms with van der Waals surface area (Å²) in [7, 11) is 1.56. The van der Waals surface area contributed by atoms with Crippen molar-refractivity contribution in [3.8, 4) is 11.5 Å². The van der Waals surface area contributed by atoms with Crippen LogP contribution in [0.2, 0.25) is 0 Å². The van der Waals surface area contributed by atoms with E-state index in [4.69, 9.17) is 9.47 Å². The zero-order valence-electron chi connectivity index (χ0n) is 14.9. The number of fused-ring (bicyclic) bond motifs is 1. The van der Waals surface area contributed by atoms with Crippen molar-refractivity contribution >= 4 is 18.0 Å². The highest BCUT2D eigenvalue weighted by Crippen LogP contribution is 2.28. The van der Waals surface area contributed by atoms with Crippen LogP contribution in [0, 0.1) is 5.92 Å². The Bertz CT molecular complexity index is 839. The first kappa shape index (κ1) is 17.7. The number of methoxy groups -OCH3 is 1. The van der Waals surface area contributed by atoms with Crippen molar-refractivity contribution < 1.29 is 19.1 Å². The molecule has 0 unspecified atom stereocenters. The zero-order chi connectivity index (χ0) is 18.7. The molecule has 0 spiro atoms. The second-order valence-electron chi connectivity index (χ2n) is 6.33. The number of carbonyl (C=O) groups is 2. The molecule has 3 rings (SSSR count). The maximum atomic E-state index is 12.3. The highest BCUT2D eigenvalue weighted by atomic mass is 16.5. The van der Waals surface area contributed by atoms with E-state index in [0.717, 1.165) is 5.01 Å². The van der Waals surface area contributed by atoms with E-state index in [1.54, 1.807) is 49.6 Å². The number of benzene rings is 2. The summed E-state index contributed by atoms with van der Waals surface area (Å²) in [6.45, 7) is 4.71. The topological polar surface area (TPSA) is 68.2 Å². The molecular weight excluding hydrogens is 332 g/mol. The minimum Gasteiger partial charge on any atom is -0.493 e. The summed E-state index contributed by atoms with van der Waals surface area (Å²) in [6, 6.07) is 12.0. The van der Waals surface area contributed by atoms with Gasteiger partial charge in [-0.1, -0.05) is 26.0 Å². The van der Waals surface area contributed by atoms with Crippen LogP contribution in [0.4, 0.5) is 0 Å². The molecular formula is C20H20N2O4. The Morgan fingerprint density at radius 1 is 1.04 bits per heavy atom. The van der Waals surface area contributed by atoms with Gasteiger partial charge in [0.2, 0.25) is 0 Å². The molecule has 0 radical (unpaired) electrons. The third-order valence-electron chi connectivity index (χ3n) is 3.85. The first-order chi connectivity index (χ1) is 12.5. The predicted octanol–water partition coefficient (Wildman–Crippen LogP) is 3.36. The van der Waals surface area contributed by atoms with Crippen molar-refractivity contribution in [2.45, 2.75) is 13.8 Å². The number of hydrogen-bond acceptors (Lipinski definition) is 5. The van der Waals surface area contributed by atoms with E-state index < -0.39 is 11.8 Å². The van der Waals surface area contributed by atoms with E-state index in [1.165, 1.54) is 6.21 Å². The lowest BCUT2D eigenvalue weighted by molar-refractivity contribution is 0.0660. The molecule has 2 aromatic rings. The van der Waals surface area contributed by atoms with Crippen molar-refractivity contribution in [3.63, 3.8) is 0 Å². The molecule has 6 nitrogen and oxygen atoms in total. The Kier molecular flexibility index (Phi) is 5.02. The second-order valence-corrected chi connectivity index (χ2v) is 6.33. The molecule has 0 N–H and O–H groups in total. The van der Waals surface area contributed by atoms with Crippen LogP contribution in [0.15, 0.2) is 47.6 Å². The third-order valence-corrected chi connectivity index (χ3v) is 3.85. The zero-order valence-corrected chi connectivity index (χ0v) is 14.9. The van der Waals surface area contributed by atoms with E-state index in [2.05, 4.69) is 18.9 Å². The van der Waals surface area contributed by atoms with Crippen LogP contribution in [-0.2, 0) is 0 Å². The monoisotopic (exact) mass is 352 g/mol. The molecule has 0 aromatic heterocycles. The number of rotatable bonds is 6. The lowest BCUT2D eigenvalue weighted by atomic mass is 10.1. The Morgan fingerprint density at radius 2 is 1.69 bits per heavy atom. The van der Waals surface area contributed by atoms with Gasteiger partial charge in [-0.25, -0.2) is 0 Å². The molecule has 0 atom stereocenters. The van der Waals surface area contributed by atoms with Crippen molar-refractivity contribution in [2.75, 3.05) is 13.7 Å². The number of hydrazone groups is 1. The largest absolute Gasteiger partial charge is 0.493 e. The van der Waals surface area contributed by atoms with Crippen LogP contribution in [0.1, 0.15) is 40.1 Å². The van der Waals surface area contributed by atoms with Crippen LogP contribution in [0.25, 0.3) is 0 Å². The summed E-state index contributed by atoms with van der Waals surface area (Å²) in [4.78, 5) is 24.6. The van der Waals surface area contributed by atoms with Crippen LogP contribution in [-0.4, -0.2) is 36.8 Å². The minimum absolute atomic E-state index is 0.365. The molecule has 1 aliphatic heterocycles. The molecule has 26 heavy (non-hydrogen) atoms. The van der Waals surface area contributed by atoms with Crippen LogP contribution in [0.3, 0.4) is 0 Å². The van der Waals surface area contributed by atoms with E-state index >= 15 is 0 Å². The first-order valence-electron chi connectivity index (χ1n) is 8.34. The van der Waals surface area contributed by atoms with E-state index in [0.29, 0.717) is 40.7 Å². The fourth-order valence-electron chi connectivity index (χ4n) is 2.55. The lowest BCUT2D eigenvalue weighted by Gasteiger charge is -2.13. The summed E-state index contributed by atoms with van der Waals surface area (Å²) in [5.41, 5.74) is 1.42. The van der Waals surface area contributed by atoms with E-state index in [-0.39, 0.29) is 0 Å². The molecule has 0 aliphatic carbocycles. The maximum Gasteiger partial charge on any atom is 0.282 e. The Hall–Kier alpha value is -3.15. The average molecular weight is 352 g/mol. The number of ether oxygens (including phenoxy) is 2. The molecule has 2 aromatic carbocycles. The SMILES string of the molecule is COc1cc(/C=N\N2C(=O)c3ccccc3C2=O)ccc1OCC(C)C. The van der Waals surface area contributed by atoms with Crippen molar-refractivity contribution in [2.24, 2.45) is 11.0 Å². The van der Waals surface area contributed by atoms with Gasteiger partial charge in [0.15, 0.2) is 11.5 Å². The van der Waals surface area contributed by atoms with Crippen molar-refractivity contribution in [3.05, 3.63) is 59.2 Å². The fraction of sp³-hybridized carbons (Fsp3) is 0.250. The fourth-order valence-corrected chi connectivity index (χ4v) is 2.55. The molecule has 6 heteroatoms. The van der Waals surface area contributed by atoms with Gasteiger partial charge in [-0.15, -0.1) is 0 Å². The van der Waals surface area contributed by atoms with Gasteiger partial charge in [-0.05, 0) is 41.8 Å². The predicted molar refractivity (Wildman–Crippen MR) is 97.9 cm³/mol. The van der Waals surface area contributed by atoms with Gasteiger partial charge >= 0.3 is 0 Å². The highest BCUT2D eigenvalue weighted by Gasteiger charge is 2.35. The van der Waals surface area contributed by atoms with Gasteiger partial charge in [-0.2, -0.15) is 10.1 Å². The molecule has 2 amide bonds. The standard InChI is InChI=1S/C20H20N2O4/c1-13(2)12-26-17-9-8-14(10-18(17)25-3)11-21-22-19(23)15-6-4-5-7-16(15)20(22)24/h4-11,13H,12H2,1-3H3/b21-11-. The van der Waals surface area contributed by atoms with Crippen LogP contribution < -0.4 is 9.47 Å². The van der Waals surface area contributed by atoms with E-state index in [9.17, 15) is 9.59 Å². The Morgan fingerprint density at radius 3 is 2.27 bits per heavy atom. The van der Waals surface area contributed by atoms with Gasteiger partial charge in [-0.3, -0.25) is 9.59 Å². The molecule has 134 valence electrons. The van der Waals surface area contributed by atoms with Crippen LogP contribution >= 0.6 is 0 Å². The van der Waals surface area contributed by atoms with Crippen molar-refractivity contribution in [1.29, 1.82) is 0 Å². The lowest BCUT2D eigenvalue weighted by Crippen LogP contribution is -2.24. The molecule has 0 fully saturated rings. The molecule has 0 bridgehead atoms. The summed E-state index contributed by atoms with van der Waals surface area (Å²) in [5, 5.41) is 4.94. The number of imide groups is 1. The van der Waals surface area contributed by atoms with Gasteiger partial charge < -0.3 is 9.47 Å². The quantitative estimate of drug-likeness (QED) is 0.590. The molecule has 1 aliphatic rings. The van der Waals surface area contributed by atoms with Gasteiger partial charge in [0.25, 0.3) is 11.8 Å². The molecule has 0 saturated carbocycles. The molecule has 0 saturated heterocycles. The second kappa shape index (κ2) is 7.39. The Balaban J connectivity index is 1.79. The van der Waals surface area contributed by atoms with Gasteiger partial charge in [0, 0.05) is 0 Å². The molecule has 1 heterocycles. The summed E-state index contributed by atoms with van der Waals surface area (Å²) < 4.78 is 11.1. The first-order valence-corrected chi connectivity index (χ1v) is 8.34. The number of amides is 2. The Labute approximate surface area is 152 Å². The normalized spacial score (nSPS) is 13.6. The summed E-state index contributed by atoms with van der Waals surface area (Å²) >= 11 is 0.